The van der Waals surface area contributed by atoms with Gasteiger partial charge in [-0.15, -0.1) is 10.2 Å². The van der Waals surface area contributed by atoms with Crippen LogP contribution in [0.4, 0.5) is 4.39 Å². The summed E-state index contributed by atoms with van der Waals surface area (Å²) in [6, 6.07) is 18.7. The third-order valence-electron chi connectivity index (χ3n) is 5.83. The first-order chi connectivity index (χ1) is 17.9. The van der Waals surface area contributed by atoms with E-state index in [4.69, 9.17) is 13.9 Å². The summed E-state index contributed by atoms with van der Waals surface area (Å²) in [6.45, 7) is 3.44. The van der Waals surface area contributed by atoms with E-state index in [-0.39, 0.29) is 11.7 Å². The van der Waals surface area contributed by atoms with Crippen LogP contribution in [0.1, 0.15) is 35.2 Å². The molecule has 1 N–H and O–H groups in total. The number of halogens is 1. The van der Waals surface area contributed by atoms with E-state index in [1.807, 2.05) is 49.4 Å². The maximum Gasteiger partial charge on any atom is 0.309 e. The van der Waals surface area contributed by atoms with E-state index in [2.05, 4.69) is 20.6 Å². The molecule has 2 atom stereocenters. The average molecular weight is 502 g/mol. The Hall–Kier alpha value is -4.73. The number of hydrogen-bond donors (Lipinski definition) is 1. The number of aromatic nitrogens is 4. The van der Waals surface area contributed by atoms with Crippen LogP contribution < -0.4 is 14.8 Å². The first kappa shape index (κ1) is 24.0. The molecular weight excluding hydrogens is 477 g/mol. The fourth-order valence-electron chi connectivity index (χ4n) is 4.03. The monoisotopic (exact) mass is 501 g/mol. The molecule has 0 aliphatic carbocycles. The van der Waals surface area contributed by atoms with E-state index in [0.29, 0.717) is 17.4 Å². The van der Waals surface area contributed by atoms with Crippen LogP contribution in [0.5, 0.6) is 11.5 Å². The fourth-order valence-corrected chi connectivity index (χ4v) is 4.03. The number of ether oxygens (including phenoxy) is 2. The van der Waals surface area contributed by atoms with Crippen LogP contribution in [0.15, 0.2) is 77.3 Å². The summed E-state index contributed by atoms with van der Waals surface area (Å²) in [6.07, 6.45) is 1.14. The second-order valence-corrected chi connectivity index (χ2v) is 8.46. The number of rotatable bonds is 8. The zero-order chi connectivity index (χ0) is 25.9. The SMILES string of the molecule is COc1cccc([C@@H](Oc2ccc3c(cnn3-c3ccc(F)cc3)c2)C(C)NC(=O)c2nnc(C)o2)c1. The molecule has 1 amide bonds. The van der Waals surface area contributed by atoms with E-state index in [0.717, 1.165) is 22.2 Å². The number of hydrogen-bond acceptors (Lipinski definition) is 7. The van der Waals surface area contributed by atoms with Crippen molar-refractivity contribution in [3.05, 3.63) is 96.1 Å². The topological polar surface area (TPSA) is 104 Å². The first-order valence-electron chi connectivity index (χ1n) is 11.6. The van der Waals surface area contributed by atoms with Gasteiger partial charge in [0.1, 0.15) is 23.4 Å². The molecule has 2 heterocycles. The van der Waals surface area contributed by atoms with E-state index >= 15 is 0 Å². The van der Waals surface area contributed by atoms with Crippen molar-refractivity contribution >= 4 is 16.8 Å². The van der Waals surface area contributed by atoms with Gasteiger partial charge in [0.05, 0.1) is 30.6 Å². The second-order valence-electron chi connectivity index (χ2n) is 8.46. The molecule has 0 fully saturated rings. The van der Waals surface area contributed by atoms with E-state index in [1.165, 1.54) is 12.1 Å². The van der Waals surface area contributed by atoms with Gasteiger partial charge in [0.2, 0.25) is 5.89 Å². The van der Waals surface area contributed by atoms with Gasteiger partial charge in [0.25, 0.3) is 0 Å². The third-order valence-corrected chi connectivity index (χ3v) is 5.83. The number of nitrogens with zero attached hydrogens (tertiary/aromatic N) is 4. The normalized spacial score (nSPS) is 12.8. The molecule has 188 valence electrons. The molecule has 0 radical (unpaired) electrons. The molecule has 9 nitrogen and oxygen atoms in total. The number of nitrogens with one attached hydrogen (secondary N) is 1. The summed E-state index contributed by atoms with van der Waals surface area (Å²) in [5, 5.41) is 15.7. The fraction of sp³-hybridized carbons (Fsp3) is 0.185. The quantitative estimate of drug-likeness (QED) is 0.326. The van der Waals surface area contributed by atoms with Gasteiger partial charge in [-0.05, 0) is 67.1 Å². The minimum absolute atomic E-state index is 0.122. The van der Waals surface area contributed by atoms with Gasteiger partial charge in [0.15, 0.2) is 0 Å². The smallest absolute Gasteiger partial charge is 0.309 e. The first-order valence-corrected chi connectivity index (χ1v) is 11.6. The van der Waals surface area contributed by atoms with Gasteiger partial charge in [-0.25, -0.2) is 9.07 Å². The van der Waals surface area contributed by atoms with Crippen LogP contribution in [-0.4, -0.2) is 39.0 Å². The minimum atomic E-state index is -0.576. The molecule has 0 bridgehead atoms. The van der Waals surface area contributed by atoms with Crippen molar-refractivity contribution in [2.45, 2.75) is 26.0 Å². The molecule has 0 spiro atoms. The molecule has 5 rings (SSSR count). The number of benzene rings is 3. The maximum absolute atomic E-state index is 13.4. The van der Waals surface area contributed by atoms with Gasteiger partial charge in [-0.2, -0.15) is 5.10 Å². The zero-order valence-corrected chi connectivity index (χ0v) is 20.4. The summed E-state index contributed by atoms with van der Waals surface area (Å²) in [4.78, 5) is 12.7. The Morgan fingerprint density at radius 3 is 2.59 bits per heavy atom. The lowest BCUT2D eigenvalue weighted by molar-refractivity contribution is 0.0846. The van der Waals surface area contributed by atoms with Gasteiger partial charge in [-0.3, -0.25) is 4.79 Å². The molecule has 0 aliphatic rings. The number of carbonyl (C=O) groups excluding carboxylic acids is 1. The predicted molar refractivity (Wildman–Crippen MR) is 133 cm³/mol. The molecule has 37 heavy (non-hydrogen) atoms. The molecule has 0 aliphatic heterocycles. The van der Waals surface area contributed by atoms with E-state index in [9.17, 15) is 9.18 Å². The van der Waals surface area contributed by atoms with Crippen LogP contribution >= 0.6 is 0 Å². The second kappa shape index (κ2) is 10.1. The Morgan fingerprint density at radius 1 is 1.05 bits per heavy atom. The number of carbonyl (C=O) groups is 1. The van der Waals surface area contributed by atoms with Crippen molar-refractivity contribution in [3.63, 3.8) is 0 Å². The predicted octanol–water partition coefficient (Wildman–Crippen LogP) is 4.80. The standard InChI is InChI=1S/C27H24FN5O4/c1-16(30-26(34)27-32-31-17(2)36-27)25(18-5-4-6-22(13-18)35-3)37-23-11-12-24-19(14-23)15-29-33(24)21-9-7-20(28)8-10-21/h4-16,25H,1-3H3,(H,30,34)/t16?,25-/m0/s1. The van der Waals surface area contributed by atoms with Crippen molar-refractivity contribution in [1.29, 1.82) is 0 Å². The van der Waals surface area contributed by atoms with Crippen molar-refractivity contribution < 1.29 is 23.1 Å². The lowest BCUT2D eigenvalue weighted by Crippen LogP contribution is -2.39. The molecule has 0 saturated heterocycles. The van der Waals surface area contributed by atoms with Gasteiger partial charge in [-0.1, -0.05) is 12.1 Å². The molecule has 2 aromatic heterocycles. The minimum Gasteiger partial charge on any atom is -0.497 e. The number of fused-ring (bicyclic) bond motifs is 1. The largest absolute Gasteiger partial charge is 0.497 e. The molecule has 1 unspecified atom stereocenters. The summed E-state index contributed by atoms with van der Waals surface area (Å²) in [5.41, 5.74) is 2.38. The highest BCUT2D eigenvalue weighted by Crippen LogP contribution is 2.30. The Labute approximate surface area is 211 Å². The van der Waals surface area contributed by atoms with Crippen LogP contribution in [0.25, 0.3) is 16.6 Å². The molecule has 0 saturated carbocycles. The molecular formula is C27H24FN5O4. The highest BCUT2D eigenvalue weighted by molar-refractivity contribution is 5.89. The summed E-state index contributed by atoms with van der Waals surface area (Å²) in [5.74, 6) is 0.605. The van der Waals surface area contributed by atoms with Crippen molar-refractivity contribution in [2.75, 3.05) is 7.11 Å². The van der Waals surface area contributed by atoms with Crippen LogP contribution in [0.2, 0.25) is 0 Å². The Balaban J connectivity index is 1.44. The number of aryl methyl sites for hydroxylation is 1. The van der Waals surface area contributed by atoms with Crippen molar-refractivity contribution in [2.24, 2.45) is 0 Å². The number of amides is 1. The van der Waals surface area contributed by atoms with Crippen LogP contribution in [0.3, 0.4) is 0 Å². The third kappa shape index (κ3) is 5.13. The Kier molecular flexibility index (Phi) is 6.55. The Morgan fingerprint density at radius 2 is 1.86 bits per heavy atom. The highest BCUT2D eigenvalue weighted by Gasteiger charge is 2.26. The lowest BCUT2D eigenvalue weighted by atomic mass is 10.0. The lowest BCUT2D eigenvalue weighted by Gasteiger charge is -2.26. The molecule has 3 aromatic carbocycles. The van der Waals surface area contributed by atoms with Crippen LogP contribution in [-0.2, 0) is 0 Å². The van der Waals surface area contributed by atoms with E-state index in [1.54, 1.807) is 37.0 Å². The number of methoxy groups -OCH3 is 1. The van der Waals surface area contributed by atoms with Gasteiger partial charge >= 0.3 is 11.8 Å². The van der Waals surface area contributed by atoms with Crippen LogP contribution in [0, 0.1) is 12.7 Å². The van der Waals surface area contributed by atoms with E-state index < -0.39 is 18.1 Å². The summed E-state index contributed by atoms with van der Waals surface area (Å²) >= 11 is 0. The van der Waals surface area contributed by atoms with Gasteiger partial charge < -0.3 is 19.2 Å². The zero-order valence-electron chi connectivity index (χ0n) is 20.4. The molecule has 5 aromatic rings. The average Bonchev–Trinajstić information content (AvgIpc) is 3.54. The van der Waals surface area contributed by atoms with Crippen molar-refractivity contribution in [1.82, 2.24) is 25.3 Å². The molecule has 10 heteroatoms. The summed E-state index contributed by atoms with van der Waals surface area (Å²) in [7, 11) is 1.59. The summed E-state index contributed by atoms with van der Waals surface area (Å²) < 4.78 is 32.1. The van der Waals surface area contributed by atoms with Crippen molar-refractivity contribution in [3.8, 4) is 17.2 Å². The van der Waals surface area contributed by atoms with Gasteiger partial charge in [0, 0.05) is 12.3 Å². The Bertz CT molecular complexity index is 1550. The maximum atomic E-state index is 13.4. The highest BCUT2D eigenvalue weighted by atomic mass is 19.1.